The minimum absolute atomic E-state index is 0.00653. The van der Waals surface area contributed by atoms with Crippen molar-refractivity contribution >= 4 is 0 Å². The number of hydrogen-bond acceptors (Lipinski definition) is 1. The van der Waals surface area contributed by atoms with Crippen LogP contribution < -0.4 is 5.32 Å². The van der Waals surface area contributed by atoms with Gasteiger partial charge in [0.05, 0.1) is 0 Å². The van der Waals surface area contributed by atoms with Crippen LogP contribution in [0.2, 0.25) is 0 Å². The Morgan fingerprint density at radius 3 is 2.61 bits per heavy atom. The summed E-state index contributed by atoms with van der Waals surface area (Å²) in [6, 6.07) is 6.84. The fourth-order valence-corrected chi connectivity index (χ4v) is 2.05. The molecule has 0 atom stereocenters. The highest BCUT2D eigenvalue weighted by Gasteiger charge is 2.32. The van der Waals surface area contributed by atoms with Crippen LogP contribution in [0, 0.1) is 5.92 Å². The Hall–Kier alpha value is -0.960. The van der Waals surface area contributed by atoms with Crippen LogP contribution in [-0.4, -0.2) is 13.6 Å². The maximum Gasteiger partial charge on any atom is 0.273 e. The quantitative estimate of drug-likeness (QED) is 0.727. The number of rotatable bonds is 7. The lowest BCUT2D eigenvalue weighted by Crippen LogP contribution is -2.16. The first kappa shape index (κ1) is 15.1. The number of aryl methyl sites for hydroxylation is 1. The van der Waals surface area contributed by atoms with Crippen molar-refractivity contribution in [1.82, 2.24) is 5.32 Å². The first-order valence-corrected chi connectivity index (χ1v) is 6.57. The second kappa shape index (κ2) is 6.83. The van der Waals surface area contributed by atoms with Crippen LogP contribution in [0.4, 0.5) is 8.78 Å². The van der Waals surface area contributed by atoms with E-state index in [1.807, 2.05) is 27.0 Å². The van der Waals surface area contributed by atoms with E-state index in [1.54, 1.807) is 12.1 Å². The highest BCUT2D eigenvalue weighted by molar-refractivity contribution is 5.27. The molecule has 0 aromatic heterocycles. The van der Waals surface area contributed by atoms with Crippen LogP contribution in [0.15, 0.2) is 24.3 Å². The zero-order valence-corrected chi connectivity index (χ0v) is 11.5. The van der Waals surface area contributed by atoms with Crippen LogP contribution in [-0.2, 0) is 12.3 Å². The Balaban J connectivity index is 2.74. The Labute approximate surface area is 109 Å². The molecule has 18 heavy (non-hydrogen) atoms. The highest BCUT2D eigenvalue weighted by Crippen LogP contribution is 2.34. The number of alkyl halides is 2. The zero-order chi connectivity index (χ0) is 13.6. The normalized spacial score (nSPS) is 12.1. The largest absolute Gasteiger partial charge is 0.320 e. The van der Waals surface area contributed by atoms with Gasteiger partial charge in [-0.05, 0) is 44.0 Å². The summed E-state index contributed by atoms with van der Waals surface area (Å²) in [4.78, 5) is 0. The lowest BCUT2D eigenvalue weighted by Gasteiger charge is -2.19. The van der Waals surface area contributed by atoms with Crippen molar-refractivity contribution < 1.29 is 8.78 Å². The molecule has 3 heteroatoms. The third-order valence-corrected chi connectivity index (χ3v) is 2.91. The second-order valence-electron chi connectivity index (χ2n) is 5.21. The van der Waals surface area contributed by atoms with Crippen LogP contribution in [0.1, 0.15) is 37.8 Å². The lowest BCUT2D eigenvalue weighted by molar-refractivity contribution is -0.0249. The third-order valence-electron chi connectivity index (χ3n) is 2.91. The van der Waals surface area contributed by atoms with E-state index >= 15 is 0 Å². The van der Waals surface area contributed by atoms with Crippen LogP contribution in [0.5, 0.6) is 0 Å². The molecular weight excluding hydrogens is 232 g/mol. The summed E-state index contributed by atoms with van der Waals surface area (Å²) >= 11 is 0. The van der Waals surface area contributed by atoms with Gasteiger partial charge in [-0.1, -0.05) is 32.0 Å². The van der Waals surface area contributed by atoms with E-state index in [0.717, 1.165) is 24.9 Å². The Bertz CT molecular complexity index is 361. The molecule has 1 rings (SSSR count). The van der Waals surface area contributed by atoms with E-state index < -0.39 is 5.92 Å². The Morgan fingerprint density at radius 2 is 2.00 bits per heavy atom. The topological polar surface area (TPSA) is 12.0 Å². The number of hydrogen-bond donors (Lipinski definition) is 1. The molecule has 0 fully saturated rings. The van der Waals surface area contributed by atoms with E-state index in [0.29, 0.717) is 0 Å². The summed E-state index contributed by atoms with van der Waals surface area (Å²) in [6.45, 7) is 4.56. The van der Waals surface area contributed by atoms with E-state index in [4.69, 9.17) is 0 Å². The predicted octanol–water partition coefficient (Wildman–Crippen LogP) is 3.98. The van der Waals surface area contributed by atoms with Crippen molar-refractivity contribution in [2.75, 3.05) is 13.6 Å². The molecule has 1 aromatic rings. The molecule has 0 aliphatic rings. The fraction of sp³-hybridized carbons (Fsp3) is 0.600. The Morgan fingerprint density at radius 1 is 1.28 bits per heavy atom. The SMILES string of the molecule is CNCCCc1cccc(C(F)(F)CC(C)C)c1. The maximum atomic E-state index is 14.0. The van der Waals surface area contributed by atoms with Gasteiger partial charge in [0.2, 0.25) is 0 Å². The van der Waals surface area contributed by atoms with Gasteiger partial charge in [-0.25, -0.2) is 8.78 Å². The van der Waals surface area contributed by atoms with Gasteiger partial charge in [0, 0.05) is 12.0 Å². The van der Waals surface area contributed by atoms with Crippen molar-refractivity contribution in [3.8, 4) is 0 Å². The van der Waals surface area contributed by atoms with E-state index in [-0.39, 0.29) is 17.9 Å². The molecule has 0 unspecified atom stereocenters. The molecule has 0 aliphatic heterocycles. The minimum Gasteiger partial charge on any atom is -0.320 e. The number of halogens is 2. The van der Waals surface area contributed by atoms with Crippen LogP contribution in [0.3, 0.4) is 0 Å². The smallest absolute Gasteiger partial charge is 0.273 e. The van der Waals surface area contributed by atoms with Gasteiger partial charge >= 0.3 is 0 Å². The van der Waals surface area contributed by atoms with Crippen molar-refractivity contribution in [2.45, 2.75) is 39.0 Å². The monoisotopic (exact) mass is 255 g/mol. The molecule has 1 aromatic carbocycles. The molecule has 0 radical (unpaired) electrons. The lowest BCUT2D eigenvalue weighted by atomic mass is 9.96. The van der Waals surface area contributed by atoms with Crippen molar-refractivity contribution in [2.24, 2.45) is 5.92 Å². The molecule has 0 heterocycles. The van der Waals surface area contributed by atoms with E-state index in [2.05, 4.69) is 5.32 Å². The first-order chi connectivity index (χ1) is 8.45. The molecule has 102 valence electrons. The van der Waals surface area contributed by atoms with Gasteiger partial charge in [0.1, 0.15) is 0 Å². The van der Waals surface area contributed by atoms with E-state index in [1.165, 1.54) is 6.07 Å². The molecule has 0 aliphatic carbocycles. The van der Waals surface area contributed by atoms with Gasteiger partial charge in [0.15, 0.2) is 0 Å². The van der Waals surface area contributed by atoms with Gasteiger partial charge in [0.25, 0.3) is 5.92 Å². The standard InChI is InChI=1S/C15H23F2N/c1-12(2)11-15(16,17)14-8-4-6-13(10-14)7-5-9-18-3/h4,6,8,10,12,18H,5,7,9,11H2,1-3H3. The predicted molar refractivity (Wildman–Crippen MR) is 72.0 cm³/mol. The zero-order valence-electron chi connectivity index (χ0n) is 11.5. The molecule has 0 bridgehead atoms. The van der Waals surface area contributed by atoms with Gasteiger partial charge in [-0.2, -0.15) is 0 Å². The maximum absolute atomic E-state index is 14.0. The molecule has 0 amide bonds. The summed E-state index contributed by atoms with van der Waals surface area (Å²) in [5.74, 6) is -2.72. The van der Waals surface area contributed by atoms with Gasteiger partial charge < -0.3 is 5.32 Å². The summed E-state index contributed by atoms with van der Waals surface area (Å²) in [7, 11) is 1.90. The summed E-state index contributed by atoms with van der Waals surface area (Å²) in [5, 5.41) is 3.06. The minimum atomic E-state index is -2.72. The molecule has 0 saturated carbocycles. The first-order valence-electron chi connectivity index (χ1n) is 6.57. The summed E-state index contributed by atoms with van der Waals surface area (Å²) < 4.78 is 27.9. The van der Waals surface area contributed by atoms with Crippen LogP contribution >= 0.6 is 0 Å². The summed E-state index contributed by atoms with van der Waals surface area (Å²) in [6.07, 6.45) is 1.72. The van der Waals surface area contributed by atoms with E-state index in [9.17, 15) is 8.78 Å². The molecule has 1 N–H and O–H groups in total. The van der Waals surface area contributed by atoms with Crippen molar-refractivity contribution in [3.63, 3.8) is 0 Å². The molecular formula is C15H23F2N. The molecule has 0 saturated heterocycles. The van der Waals surface area contributed by atoms with Gasteiger partial charge in [-0.3, -0.25) is 0 Å². The second-order valence-corrected chi connectivity index (χ2v) is 5.21. The average Bonchev–Trinajstić information content (AvgIpc) is 2.28. The number of benzene rings is 1. The van der Waals surface area contributed by atoms with Crippen molar-refractivity contribution in [3.05, 3.63) is 35.4 Å². The summed E-state index contributed by atoms with van der Waals surface area (Å²) in [5.41, 5.74) is 1.14. The number of nitrogens with one attached hydrogen (secondary N) is 1. The van der Waals surface area contributed by atoms with Gasteiger partial charge in [-0.15, -0.1) is 0 Å². The van der Waals surface area contributed by atoms with Crippen LogP contribution in [0.25, 0.3) is 0 Å². The Kier molecular flexibility index (Phi) is 5.73. The fourth-order valence-electron chi connectivity index (χ4n) is 2.05. The highest BCUT2D eigenvalue weighted by atomic mass is 19.3. The average molecular weight is 255 g/mol. The molecule has 1 nitrogen and oxygen atoms in total. The van der Waals surface area contributed by atoms with Crippen molar-refractivity contribution in [1.29, 1.82) is 0 Å². The third kappa shape index (κ3) is 4.73. The molecule has 0 spiro atoms.